The molecule has 0 bridgehead atoms. The van der Waals surface area contributed by atoms with Gasteiger partial charge in [0.1, 0.15) is 12.4 Å². The van der Waals surface area contributed by atoms with Gasteiger partial charge in [-0.2, -0.15) is 0 Å². The molecule has 4 rings (SSSR count). The number of benzene rings is 3. The number of fused-ring (bicyclic) bond motifs is 1. The number of amides is 1. The van der Waals surface area contributed by atoms with Crippen molar-refractivity contribution in [3.63, 3.8) is 0 Å². The van der Waals surface area contributed by atoms with Gasteiger partial charge in [0.15, 0.2) is 0 Å². The minimum atomic E-state index is -0.626. The molecule has 0 radical (unpaired) electrons. The first-order valence-electron chi connectivity index (χ1n) is 9.86. The van der Waals surface area contributed by atoms with Crippen molar-refractivity contribution in [1.29, 1.82) is 0 Å². The molecule has 1 aromatic heterocycles. The van der Waals surface area contributed by atoms with Crippen molar-refractivity contribution in [2.45, 2.75) is 20.0 Å². The van der Waals surface area contributed by atoms with Crippen molar-refractivity contribution in [2.75, 3.05) is 5.32 Å². The number of anilines is 1. The molecule has 0 saturated carbocycles. The van der Waals surface area contributed by atoms with Gasteiger partial charge in [0, 0.05) is 10.7 Å². The van der Waals surface area contributed by atoms with Gasteiger partial charge < -0.3 is 5.32 Å². The van der Waals surface area contributed by atoms with Crippen LogP contribution in [0.5, 0.6) is 0 Å². The molecule has 3 aromatic carbocycles. The van der Waals surface area contributed by atoms with E-state index in [0.29, 0.717) is 27.1 Å². The summed E-state index contributed by atoms with van der Waals surface area (Å²) in [4.78, 5) is 38.9. The third-order valence-electron chi connectivity index (χ3n) is 5.12. The normalized spacial score (nSPS) is 11.0. The molecule has 0 aliphatic carbocycles. The molecular weight excluding hydrogens is 433 g/mol. The number of carbonyl (C=O) groups is 1. The lowest BCUT2D eigenvalue weighted by Crippen LogP contribution is -2.42. The van der Waals surface area contributed by atoms with Crippen molar-refractivity contribution in [3.8, 4) is 0 Å². The van der Waals surface area contributed by atoms with Crippen LogP contribution in [0, 0.1) is 12.7 Å². The second-order valence-corrected chi connectivity index (χ2v) is 7.86. The van der Waals surface area contributed by atoms with Gasteiger partial charge in [-0.1, -0.05) is 41.9 Å². The number of nitrogens with one attached hydrogen (secondary N) is 1. The second-order valence-electron chi connectivity index (χ2n) is 7.42. The fraction of sp³-hybridized carbons (Fsp3) is 0.125. The zero-order valence-electron chi connectivity index (χ0n) is 17.1. The molecule has 1 amide bonds. The van der Waals surface area contributed by atoms with Crippen LogP contribution in [-0.4, -0.2) is 15.0 Å². The van der Waals surface area contributed by atoms with Crippen LogP contribution in [0.25, 0.3) is 10.9 Å². The summed E-state index contributed by atoms with van der Waals surface area (Å²) >= 11 is 6.03. The predicted octanol–water partition coefficient (Wildman–Crippen LogP) is 3.95. The molecule has 0 atom stereocenters. The van der Waals surface area contributed by atoms with Crippen LogP contribution in [0.15, 0.2) is 76.3 Å². The van der Waals surface area contributed by atoms with E-state index in [4.69, 9.17) is 11.6 Å². The van der Waals surface area contributed by atoms with Gasteiger partial charge in [-0.05, 0) is 54.4 Å². The summed E-state index contributed by atoms with van der Waals surface area (Å²) in [5, 5.41) is 3.39. The summed E-state index contributed by atoms with van der Waals surface area (Å²) in [6, 6.07) is 17.8. The average Bonchev–Trinajstić information content (AvgIpc) is 2.77. The SMILES string of the molecule is Cc1ccc(NC(=O)Cn2c(=O)n(Cc3cccc(Cl)c3)c(=O)c3ccccc32)cc1F. The summed E-state index contributed by atoms with van der Waals surface area (Å²) in [5.74, 6) is -0.964. The summed E-state index contributed by atoms with van der Waals surface area (Å²) in [6.45, 7) is 1.29. The third-order valence-corrected chi connectivity index (χ3v) is 5.35. The Hall–Kier alpha value is -3.71. The van der Waals surface area contributed by atoms with Gasteiger partial charge in [0.05, 0.1) is 17.4 Å². The highest BCUT2D eigenvalue weighted by Gasteiger charge is 2.16. The van der Waals surface area contributed by atoms with E-state index in [1.807, 2.05) is 0 Å². The van der Waals surface area contributed by atoms with E-state index >= 15 is 0 Å². The Balaban J connectivity index is 1.74. The van der Waals surface area contributed by atoms with Crippen LogP contribution in [0.4, 0.5) is 10.1 Å². The molecule has 0 saturated heterocycles. The number of halogens is 2. The Kier molecular flexibility index (Phi) is 5.92. The molecule has 8 heteroatoms. The van der Waals surface area contributed by atoms with Crippen molar-refractivity contribution in [1.82, 2.24) is 9.13 Å². The summed E-state index contributed by atoms with van der Waals surface area (Å²) in [5.41, 5.74) is 0.677. The maximum Gasteiger partial charge on any atom is 0.332 e. The standard InChI is InChI=1S/C24H19ClFN3O3/c1-15-9-10-18(12-20(15)26)27-22(30)14-28-21-8-3-2-7-19(21)23(31)29(24(28)32)13-16-5-4-6-17(25)11-16/h2-12H,13-14H2,1H3,(H,27,30). The summed E-state index contributed by atoms with van der Waals surface area (Å²) in [6.07, 6.45) is 0. The first kappa shape index (κ1) is 21.5. The molecule has 4 aromatic rings. The zero-order valence-corrected chi connectivity index (χ0v) is 17.9. The predicted molar refractivity (Wildman–Crippen MR) is 123 cm³/mol. The van der Waals surface area contributed by atoms with Crippen molar-refractivity contribution >= 4 is 34.1 Å². The lowest BCUT2D eigenvalue weighted by molar-refractivity contribution is -0.116. The van der Waals surface area contributed by atoms with Crippen molar-refractivity contribution < 1.29 is 9.18 Å². The van der Waals surface area contributed by atoms with E-state index in [9.17, 15) is 18.8 Å². The van der Waals surface area contributed by atoms with Crippen LogP contribution < -0.4 is 16.6 Å². The average molecular weight is 452 g/mol. The van der Waals surface area contributed by atoms with E-state index in [2.05, 4.69) is 5.32 Å². The van der Waals surface area contributed by atoms with Gasteiger partial charge in [0.2, 0.25) is 5.91 Å². The van der Waals surface area contributed by atoms with Gasteiger partial charge in [-0.3, -0.25) is 18.7 Å². The van der Waals surface area contributed by atoms with E-state index in [0.717, 1.165) is 4.57 Å². The number of para-hydroxylation sites is 1. The van der Waals surface area contributed by atoms with Crippen LogP contribution in [0.3, 0.4) is 0 Å². The van der Waals surface area contributed by atoms with E-state index in [-0.39, 0.29) is 18.8 Å². The Morgan fingerprint density at radius 1 is 1.00 bits per heavy atom. The van der Waals surface area contributed by atoms with E-state index in [1.165, 1.54) is 10.6 Å². The van der Waals surface area contributed by atoms with E-state index < -0.39 is 23.0 Å². The third kappa shape index (κ3) is 4.33. The molecule has 1 heterocycles. The van der Waals surface area contributed by atoms with Crippen LogP contribution >= 0.6 is 11.6 Å². The number of hydrogen-bond donors (Lipinski definition) is 1. The molecule has 0 aliphatic heterocycles. The lowest BCUT2D eigenvalue weighted by atomic mass is 10.2. The van der Waals surface area contributed by atoms with Crippen LogP contribution in [0.2, 0.25) is 5.02 Å². The van der Waals surface area contributed by atoms with Gasteiger partial charge in [-0.15, -0.1) is 0 Å². The maximum atomic E-state index is 13.8. The highest BCUT2D eigenvalue weighted by molar-refractivity contribution is 6.30. The Morgan fingerprint density at radius 3 is 2.53 bits per heavy atom. The topological polar surface area (TPSA) is 73.1 Å². The number of rotatable bonds is 5. The Morgan fingerprint density at radius 2 is 1.78 bits per heavy atom. The van der Waals surface area contributed by atoms with Gasteiger partial charge in [0.25, 0.3) is 5.56 Å². The summed E-state index contributed by atoms with van der Waals surface area (Å²) in [7, 11) is 0. The minimum absolute atomic E-state index is 0.00779. The fourth-order valence-corrected chi connectivity index (χ4v) is 3.71. The highest BCUT2D eigenvalue weighted by atomic mass is 35.5. The molecular formula is C24H19ClFN3O3. The molecule has 6 nitrogen and oxygen atoms in total. The second kappa shape index (κ2) is 8.80. The number of hydrogen-bond acceptors (Lipinski definition) is 3. The first-order chi connectivity index (χ1) is 15.3. The van der Waals surface area contributed by atoms with Crippen molar-refractivity contribution in [3.05, 3.63) is 110 Å². The monoisotopic (exact) mass is 451 g/mol. The smallest absolute Gasteiger partial charge is 0.324 e. The number of carbonyl (C=O) groups excluding carboxylic acids is 1. The van der Waals surface area contributed by atoms with Gasteiger partial charge in [-0.25, -0.2) is 9.18 Å². The minimum Gasteiger partial charge on any atom is -0.324 e. The molecule has 32 heavy (non-hydrogen) atoms. The number of aromatic nitrogens is 2. The zero-order chi connectivity index (χ0) is 22.8. The fourth-order valence-electron chi connectivity index (χ4n) is 3.50. The Bertz CT molecular complexity index is 1460. The molecule has 1 N–H and O–H groups in total. The van der Waals surface area contributed by atoms with E-state index in [1.54, 1.807) is 67.6 Å². The van der Waals surface area contributed by atoms with Gasteiger partial charge >= 0.3 is 5.69 Å². The number of nitrogens with zero attached hydrogens (tertiary/aromatic N) is 2. The van der Waals surface area contributed by atoms with Crippen molar-refractivity contribution in [2.24, 2.45) is 0 Å². The first-order valence-corrected chi connectivity index (χ1v) is 10.2. The van der Waals surface area contributed by atoms with Crippen LogP contribution in [-0.2, 0) is 17.9 Å². The molecule has 0 aliphatic rings. The van der Waals surface area contributed by atoms with Crippen LogP contribution in [0.1, 0.15) is 11.1 Å². The maximum absolute atomic E-state index is 13.8. The molecule has 0 spiro atoms. The molecule has 162 valence electrons. The Labute approximate surface area is 187 Å². The quantitative estimate of drug-likeness (QED) is 0.499. The number of aryl methyl sites for hydroxylation is 1. The molecule has 0 unspecified atom stereocenters. The molecule has 0 fully saturated rings. The highest BCUT2D eigenvalue weighted by Crippen LogP contribution is 2.15. The largest absolute Gasteiger partial charge is 0.332 e. The summed E-state index contributed by atoms with van der Waals surface area (Å²) < 4.78 is 16.1. The lowest BCUT2D eigenvalue weighted by Gasteiger charge is -2.14.